The van der Waals surface area contributed by atoms with E-state index in [1.165, 1.54) is 5.01 Å². The third-order valence-electron chi connectivity index (χ3n) is 6.24. The zero-order valence-corrected chi connectivity index (χ0v) is 21.3. The van der Waals surface area contributed by atoms with Crippen LogP contribution in [0.2, 0.25) is 5.02 Å². The molecule has 3 N–H and O–H groups in total. The van der Waals surface area contributed by atoms with Gasteiger partial charge in [-0.2, -0.15) is 0 Å². The Morgan fingerprint density at radius 1 is 1.17 bits per heavy atom. The van der Waals surface area contributed by atoms with Gasteiger partial charge in [-0.05, 0) is 48.1 Å². The molecule has 0 spiro atoms. The van der Waals surface area contributed by atoms with Gasteiger partial charge in [0.05, 0.1) is 23.4 Å². The quantitative estimate of drug-likeness (QED) is 0.434. The highest BCUT2D eigenvalue weighted by Gasteiger charge is 2.32. The number of halogens is 1. The number of nitrogens with one attached hydrogen (secondary N) is 1. The molecule has 0 aliphatic carbocycles. The van der Waals surface area contributed by atoms with E-state index in [9.17, 15) is 18.4 Å². The molecule has 1 unspecified atom stereocenters. The summed E-state index contributed by atoms with van der Waals surface area (Å²) in [7, 11) is 0. The maximum absolute atomic E-state index is 13.5. The van der Waals surface area contributed by atoms with Crippen LogP contribution in [-0.4, -0.2) is 32.1 Å². The highest BCUT2D eigenvalue weighted by Crippen LogP contribution is 2.32. The summed E-state index contributed by atoms with van der Waals surface area (Å²) < 4.78 is 25.7. The summed E-state index contributed by atoms with van der Waals surface area (Å²) in [5.41, 5.74) is 8.83. The number of hydrogen-bond donors (Lipinski definition) is 2. The highest BCUT2D eigenvalue weighted by atomic mass is 35.5. The van der Waals surface area contributed by atoms with E-state index in [4.69, 9.17) is 17.3 Å². The Balaban J connectivity index is 1.55. The molecule has 1 aliphatic heterocycles. The predicted octanol–water partition coefficient (Wildman–Crippen LogP) is 3.72. The summed E-state index contributed by atoms with van der Waals surface area (Å²) in [5.74, 6) is -0.876. The molecule has 0 aromatic heterocycles. The van der Waals surface area contributed by atoms with Gasteiger partial charge in [-0.25, -0.2) is 9.42 Å². The van der Waals surface area contributed by atoms with Gasteiger partial charge in [-0.1, -0.05) is 59.6 Å². The number of anilines is 1. The molecule has 0 saturated carbocycles. The number of amides is 2. The van der Waals surface area contributed by atoms with Crippen molar-refractivity contribution in [3.05, 3.63) is 88.0 Å². The number of hydrogen-bond acceptors (Lipinski definition) is 5. The zero-order chi connectivity index (χ0) is 25.8. The summed E-state index contributed by atoms with van der Waals surface area (Å²) >= 11 is 3.31. The molecule has 0 radical (unpaired) electrons. The SMILES string of the molecule is CC1=C(CC(=O)NCc2cc(Cl)ccc2CN)C(=O)N(N(c2cccc3ccccc23)S(=O)[O-])CC1. The molecule has 0 bridgehead atoms. The lowest BCUT2D eigenvalue weighted by Crippen LogP contribution is -2.51. The van der Waals surface area contributed by atoms with E-state index >= 15 is 0 Å². The van der Waals surface area contributed by atoms with Crippen molar-refractivity contribution < 1.29 is 18.4 Å². The molecular formula is C26H26ClN4O4S-. The molecule has 188 valence electrons. The van der Waals surface area contributed by atoms with Crippen molar-refractivity contribution in [3.8, 4) is 0 Å². The van der Waals surface area contributed by atoms with Crippen LogP contribution < -0.4 is 15.5 Å². The number of benzene rings is 3. The Morgan fingerprint density at radius 2 is 1.92 bits per heavy atom. The second kappa shape index (κ2) is 11.2. The summed E-state index contributed by atoms with van der Waals surface area (Å²) in [4.78, 5) is 26.3. The van der Waals surface area contributed by atoms with Gasteiger partial charge in [0.2, 0.25) is 5.91 Å². The molecule has 36 heavy (non-hydrogen) atoms. The van der Waals surface area contributed by atoms with E-state index in [0.717, 1.165) is 26.5 Å². The molecule has 1 heterocycles. The maximum Gasteiger partial charge on any atom is 0.269 e. The third kappa shape index (κ3) is 5.44. The van der Waals surface area contributed by atoms with Gasteiger partial charge in [-0.15, -0.1) is 0 Å². The minimum absolute atomic E-state index is 0.172. The monoisotopic (exact) mass is 525 g/mol. The molecule has 0 fully saturated rings. The average molecular weight is 526 g/mol. The van der Waals surface area contributed by atoms with Gasteiger partial charge in [0, 0.05) is 35.6 Å². The minimum atomic E-state index is -2.76. The lowest BCUT2D eigenvalue weighted by Gasteiger charge is -2.40. The Morgan fingerprint density at radius 3 is 2.67 bits per heavy atom. The van der Waals surface area contributed by atoms with Crippen LogP contribution in [0.25, 0.3) is 10.8 Å². The molecule has 0 saturated heterocycles. The van der Waals surface area contributed by atoms with Gasteiger partial charge in [0.25, 0.3) is 5.91 Å². The molecule has 4 rings (SSSR count). The second-order valence-electron chi connectivity index (χ2n) is 8.50. The minimum Gasteiger partial charge on any atom is -0.754 e. The number of hydrazine groups is 1. The largest absolute Gasteiger partial charge is 0.754 e. The fraction of sp³-hybridized carbons (Fsp3) is 0.231. The number of carbonyl (C=O) groups excluding carboxylic acids is 2. The van der Waals surface area contributed by atoms with Crippen LogP contribution in [0, 0.1) is 0 Å². The van der Waals surface area contributed by atoms with E-state index < -0.39 is 17.2 Å². The predicted molar refractivity (Wildman–Crippen MR) is 140 cm³/mol. The first-order valence-corrected chi connectivity index (χ1v) is 12.8. The van der Waals surface area contributed by atoms with Crippen molar-refractivity contribution in [2.75, 3.05) is 11.0 Å². The van der Waals surface area contributed by atoms with Crippen molar-refractivity contribution in [1.29, 1.82) is 0 Å². The summed E-state index contributed by atoms with van der Waals surface area (Å²) in [6.45, 7) is 2.48. The third-order valence-corrected chi connectivity index (χ3v) is 7.15. The fourth-order valence-electron chi connectivity index (χ4n) is 4.31. The Kier molecular flexibility index (Phi) is 8.05. The van der Waals surface area contributed by atoms with Crippen LogP contribution in [0.1, 0.15) is 30.9 Å². The van der Waals surface area contributed by atoms with Crippen molar-refractivity contribution in [2.24, 2.45) is 5.73 Å². The van der Waals surface area contributed by atoms with Gasteiger partial charge >= 0.3 is 0 Å². The van der Waals surface area contributed by atoms with Crippen molar-refractivity contribution >= 4 is 51.1 Å². The topological polar surface area (TPSA) is 119 Å². The first-order valence-electron chi connectivity index (χ1n) is 11.4. The number of rotatable bonds is 8. The van der Waals surface area contributed by atoms with Crippen molar-refractivity contribution in [2.45, 2.75) is 32.9 Å². The lowest BCUT2D eigenvalue weighted by atomic mass is 9.98. The smallest absolute Gasteiger partial charge is 0.269 e. The standard InChI is InChI=1S/C26H27ClN4O4S/c1-17-11-12-30(31(36(34)35)24-8-4-6-18-5-2-3-7-22(18)24)26(33)23(17)14-25(32)29-16-20-13-21(27)10-9-19(20)15-28/h2-10,13H,11-12,14-16,28H2,1H3,(H,29,32)(H,34,35)/p-1. The van der Waals surface area contributed by atoms with E-state index in [0.29, 0.717) is 29.1 Å². The molecule has 2 amide bonds. The molecule has 8 nitrogen and oxygen atoms in total. The zero-order valence-electron chi connectivity index (χ0n) is 19.7. The lowest BCUT2D eigenvalue weighted by molar-refractivity contribution is -0.129. The Hall–Kier alpha value is -3.24. The van der Waals surface area contributed by atoms with Crippen LogP contribution in [-0.2, 0) is 33.9 Å². The van der Waals surface area contributed by atoms with Gasteiger partial charge in [0.1, 0.15) is 0 Å². The van der Waals surface area contributed by atoms with E-state index in [1.807, 2.05) is 30.3 Å². The van der Waals surface area contributed by atoms with Gasteiger partial charge < -0.3 is 15.6 Å². The van der Waals surface area contributed by atoms with Crippen LogP contribution in [0.5, 0.6) is 0 Å². The number of fused-ring (bicyclic) bond motifs is 1. The van der Waals surface area contributed by atoms with E-state index in [-0.39, 0.29) is 31.0 Å². The number of nitrogens with zero attached hydrogens (tertiary/aromatic N) is 2. The molecular weight excluding hydrogens is 500 g/mol. The molecule has 1 aliphatic rings. The molecule has 3 aromatic rings. The van der Waals surface area contributed by atoms with E-state index in [2.05, 4.69) is 5.32 Å². The first kappa shape index (κ1) is 25.8. The number of nitrogens with two attached hydrogens (primary N) is 1. The van der Waals surface area contributed by atoms with Gasteiger partial charge in [-0.3, -0.25) is 13.8 Å². The highest BCUT2D eigenvalue weighted by molar-refractivity contribution is 7.80. The van der Waals surface area contributed by atoms with Gasteiger partial charge in [0.15, 0.2) is 0 Å². The molecule has 1 atom stereocenters. The second-order valence-corrected chi connectivity index (χ2v) is 9.71. The summed E-state index contributed by atoms with van der Waals surface area (Å²) in [5, 5.41) is 6.08. The maximum atomic E-state index is 13.5. The van der Waals surface area contributed by atoms with Crippen LogP contribution in [0.4, 0.5) is 5.69 Å². The first-order chi connectivity index (χ1) is 17.3. The van der Waals surface area contributed by atoms with Crippen LogP contribution in [0.15, 0.2) is 71.8 Å². The normalized spacial score (nSPS) is 14.8. The van der Waals surface area contributed by atoms with Crippen molar-refractivity contribution in [1.82, 2.24) is 10.3 Å². The van der Waals surface area contributed by atoms with E-state index in [1.54, 1.807) is 37.3 Å². The Labute approximate surface area is 217 Å². The fourth-order valence-corrected chi connectivity index (χ4v) is 5.14. The summed E-state index contributed by atoms with van der Waals surface area (Å²) in [6, 6.07) is 17.9. The number of carbonyl (C=O) groups is 2. The summed E-state index contributed by atoms with van der Waals surface area (Å²) in [6.07, 6.45) is 0.271. The molecule has 10 heteroatoms. The van der Waals surface area contributed by atoms with Crippen LogP contribution >= 0.6 is 11.6 Å². The van der Waals surface area contributed by atoms with Crippen molar-refractivity contribution in [3.63, 3.8) is 0 Å². The Bertz CT molecular complexity index is 1370. The molecule has 3 aromatic carbocycles. The average Bonchev–Trinajstić information content (AvgIpc) is 2.87. The van der Waals surface area contributed by atoms with Crippen LogP contribution in [0.3, 0.4) is 0 Å².